The lowest BCUT2D eigenvalue weighted by Crippen LogP contribution is -2.45. The van der Waals surface area contributed by atoms with Gasteiger partial charge in [-0.25, -0.2) is 0 Å². The van der Waals surface area contributed by atoms with Gasteiger partial charge in [0.05, 0.1) is 0 Å². The highest BCUT2D eigenvalue weighted by molar-refractivity contribution is 5.34. The van der Waals surface area contributed by atoms with Crippen molar-refractivity contribution in [2.45, 2.75) is 59.0 Å². The number of benzene rings is 1. The van der Waals surface area contributed by atoms with E-state index in [0.29, 0.717) is 6.54 Å². The van der Waals surface area contributed by atoms with Crippen molar-refractivity contribution in [3.63, 3.8) is 0 Å². The van der Waals surface area contributed by atoms with Crippen molar-refractivity contribution in [1.29, 1.82) is 0 Å². The van der Waals surface area contributed by atoms with E-state index in [1.54, 1.807) is 0 Å². The third-order valence-electron chi connectivity index (χ3n) is 3.48. The Morgan fingerprint density at radius 1 is 1.11 bits per heavy atom. The van der Waals surface area contributed by atoms with Crippen molar-refractivity contribution in [2.75, 3.05) is 6.54 Å². The van der Waals surface area contributed by atoms with E-state index in [-0.39, 0.29) is 11.0 Å². The molecule has 1 rings (SSSR count). The van der Waals surface area contributed by atoms with E-state index in [9.17, 15) is 0 Å². The summed E-state index contributed by atoms with van der Waals surface area (Å²) in [6.45, 7) is 14.7. The molecule has 0 amide bonds. The first-order valence-corrected chi connectivity index (χ1v) is 6.71. The van der Waals surface area contributed by atoms with E-state index in [2.05, 4.69) is 65.1 Å². The summed E-state index contributed by atoms with van der Waals surface area (Å²) in [6.07, 6.45) is 0. The molecule has 3 N–H and O–H groups in total. The zero-order valence-electron chi connectivity index (χ0n) is 12.7. The van der Waals surface area contributed by atoms with Gasteiger partial charge in [0, 0.05) is 18.6 Å². The fraction of sp³-hybridized carbons (Fsp3) is 0.625. The Bertz CT molecular complexity index is 400. The SMILES string of the molecule is Cc1cc(C(C)(C)C)ccc1CNC(C)(C)CN. The van der Waals surface area contributed by atoms with E-state index in [1.165, 1.54) is 16.7 Å². The maximum Gasteiger partial charge on any atom is 0.0250 e. The average Bonchev–Trinajstić information content (AvgIpc) is 2.26. The number of rotatable bonds is 4. The summed E-state index contributed by atoms with van der Waals surface area (Å²) in [7, 11) is 0. The van der Waals surface area contributed by atoms with Crippen LogP contribution in [-0.2, 0) is 12.0 Å². The van der Waals surface area contributed by atoms with Crippen molar-refractivity contribution in [3.05, 3.63) is 34.9 Å². The van der Waals surface area contributed by atoms with Crippen LogP contribution in [0.15, 0.2) is 18.2 Å². The highest BCUT2D eigenvalue weighted by Gasteiger charge is 2.16. The second-order valence-electron chi connectivity index (χ2n) is 6.83. The van der Waals surface area contributed by atoms with Crippen LogP contribution in [0.3, 0.4) is 0 Å². The lowest BCUT2D eigenvalue weighted by molar-refractivity contribution is 0.396. The maximum atomic E-state index is 5.73. The van der Waals surface area contributed by atoms with Gasteiger partial charge in [0.2, 0.25) is 0 Å². The van der Waals surface area contributed by atoms with Gasteiger partial charge in [-0.3, -0.25) is 0 Å². The van der Waals surface area contributed by atoms with Gasteiger partial charge in [-0.15, -0.1) is 0 Å². The first-order chi connectivity index (χ1) is 8.15. The maximum absolute atomic E-state index is 5.73. The van der Waals surface area contributed by atoms with Gasteiger partial charge >= 0.3 is 0 Å². The van der Waals surface area contributed by atoms with E-state index in [0.717, 1.165) is 6.54 Å². The van der Waals surface area contributed by atoms with Crippen molar-refractivity contribution in [1.82, 2.24) is 5.32 Å². The van der Waals surface area contributed by atoms with Gasteiger partial charge in [-0.2, -0.15) is 0 Å². The molecule has 0 atom stereocenters. The molecule has 0 aliphatic rings. The lowest BCUT2D eigenvalue weighted by Gasteiger charge is -2.25. The quantitative estimate of drug-likeness (QED) is 0.859. The Balaban J connectivity index is 2.81. The molecule has 18 heavy (non-hydrogen) atoms. The molecule has 2 nitrogen and oxygen atoms in total. The van der Waals surface area contributed by atoms with Crippen LogP contribution < -0.4 is 11.1 Å². The molecule has 0 aliphatic heterocycles. The van der Waals surface area contributed by atoms with Crippen LogP contribution in [0.2, 0.25) is 0 Å². The Hall–Kier alpha value is -0.860. The van der Waals surface area contributed by atoms with Crippen molar-refractivity contribution in [2.24, 2.45) is 5.73 Å². The zero-order chi connectivity index (χ0) is 14.0. The summed E-state index contributed by atoms with van der Waals surface area (Å²) in [6, 6.07) is 6.77. The zero-order valence-corrected chi connectivity index (χ0v) is 12.7. The largest absolute Gasteiger partial charge is 0.329 e. The topological polar surface area (TPSA) is 38.0 Å². The first-order valence-electron chi connectivity index (χ1n) is 6.71. The normalized spacial score (nSPS) is 12.8. The van der Waals surface area contributed by atoms with Gasteiger partial charge in [0.1, 0.15) is 0 Å². The molecule has 0 bridgehead atoms. The van der Waals surface area contributed by atoms with Gasteiger partial charge in [0.15, 0.2) is 0 Å². The van der Waals surface area contributed by atoms with Gasteiger partial charge in [0.25, 0.3) is 0 Å². The van der Waals surface area contributed by atoms with Crippen LogP contribution >= 0.6 is 0 Å². The molecular weight excluding hydrogens is 220 g/mol. The molecule has 0 saturated carbocycles. The molecule has 0 aliphatic carbocycles. The molecule has 102 valence electrons. The number of nitrogens with two attached hydrogens (primary N) is 1. The molecule has 0 radical (unpaired) electrons. The highest BCUT2D eigenvalue weighted by atomic mass is 15.0. The van der Waals surface area contributed by atoms with Gasteiger partial charge < -0.3 is 11.1 Å². The number of hydrogen-bond acceptors (Lipinski definition) is 2. The molecule has 1 aromatic rings. The average molecular weight is 248 g/mol. The highest BCUT2D eigenvalue weighted by Crippen LogP contribution is 2.24. The van der Waals surface area contributed by atoms with Crippen molar-refractivity contribution in [3.8, 4) is 0 Å². The van der Waals surface area contributed by atoms with Crippen LogP contribution in [0.5, 0.6) is 0 Å². The predicted molar refractivity (Wildman–Crippen MR) is 79.9 cm³/mol. The fourth-order valence-corrected chi connectivity index (χ4v) is 1.77. The molecule has 0 heterocycles. The molecular formula is C16H28N2. The second-order valence-corrected chi connectivity index (χ2v) is 6.83. The molecule has 0 spiro atoms. The molecule has 0 unspecified atom stereocenters. The summed E-state index contributed by atoms with van der Waals surface area (Å²) in [5.74, 6) is 0. The predicted octanol–water partition coefficient (Wildman–Crippen LogP) is 3.12. The van der Waals surface area contributed by atoms with E-state index in [1.807, 2.05) is 0 Å². The summed E-state index contributed by atoms with van der Waals surface area (Å²) in [5, 5.41) is 3.50. The Labute approximate surface area is 112 Å². The third kappa shape index (κ3) is 4.11. The molecule has 0 saturated heterocycles. The van der Waals surface area contributed by atoms with Crippen molar-refractivity contribution < 1.29 is 0 Å². The van der Waals surface area contributed by atoms with Crippen LogP contribution in [0.25, 0.3) is 0 Å². The Kier molecular flexibility index (Phi) is 4.57. The molecule has 0 fully saturated rings. The minimum atomic E-state index is -0.00482. The minimum absolute atomic E-state index is 0.00482. The van der Waals surface area contributed by atoms with E-state index >= 15 is 0 Å². The van der Waals surface area contributed by atoms with Gasteiger partial charge in [-0.1, -0.05) is 39.0 Å². The third-order valence-corrected chi connectivity index (χ3v) is 3.48. The summed E-state index contributed by atoms with van der Waals surface area (Å²) < 4.78 is 0. The lowest BCUT2D eigenvalue weighted by atomic mass is 9.85. The molecule has 0 aromatic heterocycles. The number of aryl methyl sites for hydroxylation is 1. The van der Waals surface area contributed by atoms with Gasteiger partial charge in [-0.05, 0) is 42.9 Å². The Morgan fingerprint density at radius 3 is 2.17 bits per heavy atom. The number of hydrogen-bond donors (Lipinski definition) is 2. The van der Waals surface area contributed by atoms with Crippen LogP contribution in [0, 0.1) is 6.92 Å². The standard InChI is InChI=1S/C16H28N2/c1-12-9-14(15(2,3)4)8-7-13(12)10-18-16(5,6)11-17/h7-9,18H,10-11,17H2,1-6H3. The smallest absolute Gasteiger partial charge is 0.0250 e. The number of nitrogens with one attached hydrogen (secondary N) is 1. The monoisotopic (exact) mass is 248 g/mol. The van der Waals surface area contributed by atoms with E-state index in [4.69, 9.17) is 5.73 Å². The van der Waals surface area contributed by atoms with E-state index < -0.39 is 0 Å². The van der Waals surface area contributed by atoms with Crippen LogP contribution in [-0.4, -0.2) is 12.1 Å². The van der Waals surface area contributed by atoms with Crippen LogP contribution in [0.1, 0.15) is 51.3 Å². The summed E-state index contributed by atoms with van der Waals surface area (Å²) in [5.41, 5.74) is 10.0. The minimum Gasteiger partial charge on any atom is -0.329 e. The molecule has 1 aromatic carbocycles. The van der Waals surface area contributed by atoms with Crippen LogP contribution in [0.4, 0.5) is 0 Å². The fourth-order valence-electron chi connectivity index (χ4n) is 1.77. The molecule has 2 heteroatoms. The van der Waals surface area contributed by atoms with Crippen molar-refractivity contribution >= 4 is 0 Å². The summed E-state index contributed by atoms with van der Waals surface area (Å²) in [4.78, 5) is 0. The second kappa shape index (κ2) is 5.41. The summed E-state index contributed by atoms with van der Waals surface area (Å²) >= 11 is 0. The Morgan fingerprint density at radius 2 is 1.72 bits per heavy atom. The first kappa shape index (κ1) is 15.2.